The summed E-state index contributed by atoms with van der Waals surface area (Å²) < 4.78 is 9.17. The average molecular weight is 339 g/mol. The van der Waals surface area contributed by atoms with Gasteiger partial charge in [-0.15, -0.1) is 0 Å². The fourth-order valence-electron chi connectivity index (χ4n) is 2.61. The van der Waals surface area contributed by atoms with E-state index >= 15 is 0 Å². The van der Waals surface area contributed by atoms with Crippen molar-refractivity contribution in [1.82, 2.24) is 15.5 Å². The summed E-state index contributed by atoms with van der Waals surface area (Å²) in [6.07, 6.45) is 5.38. The number of hydrogen-bond donors (Lipinski definition) is 4. The van der Waals surface area contributed by atoms with Gasteiger partial charge in [0, 0.05) is 34.8 Å². The number of rotatable bonds is 5. The summed E-state index contributed by atoms with van der Waals surface area (Å²) in [7, 11) is 0. The molecule has 1 unspecified atom stereocenters. The van der Waals surface area contributed by atoms with Crippen LogP contribution in [0, 0.1) is 0 Å². The predicted molar refractivity (Wildman–Crippen MR) is 99.3 cm³/mol. The Bertz CT molecular complexity index is 891. The van der Waals surface area contributed by atoms with Crippen LogP contribution in [-0.2, 0) is 4.74 Å². The Hall–Kier alpha value is -2.80. The third kappa shape index (κ3) is 2.98. The quantitative estimate of drug-likeness (QED) is 0.533. The number of hydrogen-bond acceptors (Lipinski definition) is 6. The molecule has 4 rings (SSSR count). The minimum Gasteiger partial charge on any atom is -0.450 e. The first kappa shape index (κ1) is 14.8. The lowest BCUT2D eigenvalue weighted by atomic mass is 10.1. The van der Waals surface area contributed by atoms with Crippen LogP contribution in [0.15, 0.2) is 54.9 Å². The van der Waals surface area contributed by atoms with E-state index in [1.807, 2.05) is 55.1 Å². The first-order chi connectivity index (χ1) is 11.8. The molecule has 4 N–H and O–H groups in total. The van der Waals surface area contributed by atoms with Gasteiger partial charge in [-0.25, -0.2) is 0 Å². The van der Waals surface area contributed by atoms with Gasteiger partial charge in [0.2, 0.25) is 6.35 Å². The molecule has 0 fully saturated rings. The first-order valence-corrected chi connectivity index (χ1v) is 8.76. The Morgan fingerprint density at radius 3 is 3.00 bits per heavy atom. The molecule has 0 spiro atoms. The van der Waals surface area contributed by atoms with Crippen molar-refractivity contribution in [3.05, 3.63) is 60.4 Å². The maximum absolute atomic E-state index is 5.96. The molecule has 0 aliphatic carbocycles. The van der Waals surface area contributed by atoms with Crippen LogP contribution < -0.4 is 15.4 Å². The number of anilines is 2. The van der Waals surface area contributed by atoms with Crippen molar-refractivity contribution in [2.24, 2.45) is 0 Å². The lowest BCUT2D eigenvalue weighted by Gasteiger charge is -2.17. The van der Waals surface area contributed by atoms with Gasteiger partial charge in [0.1, 0.15) is 5.76 Å². The van der Waals surface area contributed by atoms with Gasteiger partial charge in [0.15, 0.2) is 0 Å². The van der Waals surface area contributed by atoms with Crippen molar-refractivity contribution in [2.75, 3.05) is 16.3 Å². The zero-order valence-corrected chi connectivity index (χ0v) is 13.9. The van der Waals surface area contributed by atoms with Gasteiger partial charge < -0.3 is 20.1 Å². The third-order valence-corrected chi connectivity index (χ3v) is 4.16. The maximum Gasteiger partial charge on any atom is 0.248 e. The van der Waals surface area contributed by atoms with E-state index in [1.54, 1.807) is 11.9 Å². The fourth-order valence-corrected chi connectivity index (χ4v) is 2.97. The van der Waals surface area contributed by atoms with Crippen LogP contribution in [0.1, 0.15) is 5.56 Å². The Kier molecular flexibility index (Phi) is 3.92. The lowest BCUT2D eigenvalue weighted by molar-refractivity contribution is 0.199. The number of nitrogens with one attached hydrogen (secondary N) is 4. The van der Waals surface area contributed by atoms with Crippen LogP contribution in [0.4, 0.5) is 11.4 Å². The summed E-state index contributed by atoms with van der Waals surface area (Å²) in [4.78, 5) is 0. The highest BCUT2D eigenvalue weighted by molar-refractivity contribution is 7.99. The molecule has 1 aliphatic heterocycles. The van der Waals surface area contributed by atoms with Gasteiger partial charge in [0.25, 0.3) is 0 Å². The molecule has 7 heteroatoms. The molecular weight excluding hydrogens is 322 g/mol. The Morgan fingerprint density at radius 1 is 1.17 bits per heavy atom. The van der Waals surface area contributed by atoms with E-state index in [-0.39, 0.29) is 6.35 Å². The van der Waals surface area contributed by atoms with E-state index in [0.29, 0.717) is 0 Å². The second-order valence-corrected chi connectivity index (χ2v) is 5.99. The summed E-state index contributed by atoms with van der Waals surface area (Å²) in [6.45, 7) is 0. The Morgan fingerprint density at radius 2 is 2.08 bits per heavy atom. The van der Waals surface area contributed by atoms with Crippen LogP contribution >= 0.6 is 11.9 Å². The van der Waals surface area contributed by atoms with Crippen molar-refractivity contribution >= 4 is 40.0 Å². The van der Waals surface area contributed by atoms with Gasteiger partial charge in [-0.2, -0.15) is 5.10 Å². The molecule has 2 heterocycles. The van der Waals surface area contributed by atoms with Crippen LogP contribution in [0.5, 0.6) is 0 Å². The SMILES string of the molecule is CSNc1cccc(NC2NC=C(c3ccc4[nH]ncc4c3)O2)c1. The highest BCUT2D eigenvalue weighted by Crippen LogP contribution is 2.25. The minimum absolute atomic E-state index is 0.301. The van der Waals surface area contributed by atoms with Crippen molar-refractivity contribution < 1.29 is 4.74 Å². The molecule has 6 nitrogen and oxygen atoms in total. The zero-order chi connectivity index (χ0) is 16.4. The van der Waals surface area contributed by atoms with Gasteiger partial charge in [-0.1, -0.05) is 18.0 Å². The predicted octanol–water partition coefficient (Wildman–Crippen LogP) is 3.57. The number of aromatic nitrogens is 2. The van der Waals surface area contributed by atoms with E-state index < -0.39 is 0 Å². The van der Waals surface area contributed by atoms with E-state index in [2.05, 4.69) is 31.6 Å². The summed E-state index contributed by atoms with van der Waals surface area (Å²) in [5.41, 5.74) is 4.05. The first-order valence-electron chi connectivity index (χ1n) is 7.54. The third-order valence-electron chi connectivity index (χ3n) is 3.72. The molecule has 1 aromatic heterocycles. The number of H-pyrrole nitrogens is 1. The van der Waals surface area contributed by atoms with Gasteiger partial charge in [-0.05, 0) is 36.4 Å². The van der Waals surface area contributed by atoms with Crippen LogP contribution in [0.25, 0.3) is 16.7 Å². The monoisotopic (exact) mass is 339 g/mol. The van der Waals surface area contributed by atoms with E-state index in [4.69, 9.17) is 4.74 Å². The standard InChI is InChI=1S/C17H17N5OS/c1-24-22-14-4-2-3-13(8-14)20-17-18-10-16(23-17)11-5-6-15-12(7-11)9-19-21-15/h2-10,17-18,20,22H,1H3,(H,19,21). The van der Waals surface area contributed by atoms with Gasteiger partial charge >= 0.3 is 0 Å². The van der Waals surface area contributed by atoms with Crippen molar-refractivity contribution in [2.45, 2.75) is 6.35 Å². The zero-order valence-electron chi connectivity index (χ0n) is 13.0. The van der Waals surface area contributed by atoms with Crippen LogP contribution in [0.3, 0.4) is 0 Å². The van der Waals surface area contributed by atoms with Gasteiger partial charge in [0.05, 0.1) is 11.7 Å². The molecule has 0 bridgehead atoms. The average Bonchev–Trinajstić information content (AvgIpc) is 3.24. The molecule has 0 radical (unpaired) electrons. The molecular formula is C17H17N5OS. The number of ether oxygens (including phenoxy) is 1. The van der Waals surface area contributed by atoms with Crippen molar-refractivity contribution in [1.29, 1.82) is 0 Å². The smallest absolute Gasteiger partial charge is 0.248 e. The summed E-state index contributed by atoms with van der Waals surface area (Å²) in [5, 5.41) is 14.6. The summed E-state index contributed by atoms with van der Waals surface area (Å²) in [6, 6.07) is 14.1. The molecule has 0 saturated carbocycles. The molecule has 0 amide bonds. The second-order valence-electron chi connectivity index (χ2n) is 5.38. The molecule has 1 aliphatic rings. The molecule has 24 heavy (non-hydrogen) atoms. The largest absolute Gasteiger partial charge is 0.450 e. The van der Waals surface area contributed by atoms with E-state index in [1.165, 1.54) is 0 Å². The fraction of sp³-hybridized carbons (Fsp3) is 0.118. The highest BCUT2D eigenvalue weighted by Gasteiger charge is 2.18. The van der Waals surface area contributed by atoms with E-state index in [9.17, 15) is 0 Å². The molecule has 2 aromatic carbocycles. The van der Waals surface area contributed by atoms with Crippen LogP contribution in [-0.4, -0.2) is 22.8 Å². The number of benzene rings is 2. The van der Waals surface area contributed by atoms with Gasteiger partial charge in [-0.3, -0.25) is 5.10 Å². The summed E-state index contributed by atoms with van der Waals surface area (Å²) >= 11 is 1.56. The maximum atomic E-state index is 5.96. The topological polar surface area (TPSA) is 74.0 Å². The number of aromatic amines is 1. The van der Waals surface area contributed by atoms with Crippen molar-refractivity contribution in [3.8, 4) is 0 Å². The van der Waals surface area contributed by atoms with Crippen molar-refractivity contribution in [3.63, 3.8) is 0 Å². The van der Waals surface area contributed by atoms with E-state index in [0.717, 1.165) is 33.6 Å². The lowest BCUT2D eigenvalue weighted by Crippen LogP contribution is -2.30. The Balaban J connectivity index is 1.44. The molecule has 3 aromatic rings. The summed E-state index contributed by atoms with van der Waals surface area (Å²) in [5.74, 6) is 0.800. The second kappa shape index (κ2) is 6.37. The minimum atomic E-state index is -0.301. The molecule has 122 valence electrons. The highest BCUT2D eigenvalue weighted by atomic mass is 32.2. The molecule has 1 atom stereocenters. The molecule has 0 saturated heterocycles. The number of nitrogens with zero attached hydrogens (tertiary/aromatic N) is 1. The Labute approximate surface area is 143 Å². The number of fused-ring (bicyclic) bond motifs is 1. The van der Waals surface area contributed by atoms with Crippen LogP contribution in [0.2, 0.25) is 0 Å². The normalized spacial score (nSPS) is 16.4.